The molecule has 6 nitrogen and oxygen atoms in total. The summed E-state index contributed by atoms with van der Waals surface area (Å²) in [6.45, 7) is 4.18. The summed E-state index contributed by atoms with van der Waals surface area (Å²) in [5.41, 5.74) is 3.59. The van der Waals surface area contributed by atoms with Gasteiger partial charge < -0.3 is 15.4 Å². The van der Waals surface area contributed by atoms with Crippen molar-refractivity contribution in [2.45, 2.75) is 37.3 Å². The molecular weight excluding hydrogens is 434 g/mol. The molecule has 1 aromatic heterocycles. The Kier molecular flexibility index (Phi) is 5.81. The van der Waals surface area contributed by atoms with Gasteiger partial charge in [0.25, 0.3) is 5.56 Å². The monoisotopic (exact) mass is 455 g/mol. The van der Waals surface area contributed by atoms with Crippen LogP contribution in [-0.2, 0) is 16.6 Å². The van der Waals surface area contributed by atoms with Crippen LogP contribution >= 0.6 is 23.4 Å². The normalized spacial score (nSPS) is 17.0. The van der Waals surface area contributed by atoms with Crippen LogP contribution in [0.4, 0.5) is 5.69 Å². The molecule has 0 saturated carbocycles. The molecule has 0 fully saturated rings. The van der Waals surface area contributed by atoms with Gasteiger partial charge in [0, 0.05) is 22.2 Å². The summed E-state index contributed by atoms with van der Waals surface area (Å²) >= 11 is 7.04. The Morgan fingerprint density at radius 1 is 1.32 bits per heavy atom. The van der Waals surface area contributed by atoms with Gasteiger partial charge in [-0.3, -0.25) is 9.59 Å². The van der Waals surface area contributed by atoms with E-state index >= 15 is 0 Å². The molecule has 160 valence electrons. The number of hydrogen-bond acceptors (Lipinski definition) is 5. The van der Waals surface area contributed by atoms with E-state index in [0.717, 1.165) is 30.2 Å². The molecule has 0 saturated heterocycles. The van der Waals surface area contributed by atoms with Crippen LogP contribution in [0.1, 0.15) is 31.4 Å². The fourth-order valence-corrected chi connectivity index (χ4v) is 4.75. The van der Waals surface area contributed by atoms with E-state index in [0.29, 0.717) is 22.1 Å². The first-order valence-electron chi connectivity index (χ1n) is 9.95. The summed E-state index contributed by atoms with van der Waals surface area (Å²) in [6.07, 6.45) is 1.62. The van der Waals surface area contributed by atoms with E-state index in [1.165, 1.54) is 17.7 Å². The van der Waals surface area contributed by atoms with Crippen LogP contribution in [0.15, 0.2) is 52.4 Å². The van der Waals surface area contributed by atoms with Crippen LogP contribution in [0.2, 0.25) is 5.02 Å². The number of aromatic amines is 1. The van der Waals surface area contributed by atoms with Gasteiger partial charge in [-0.05, 0) is 36.6 Å². The fraction of sp³-hybridized carbons (Fsp3) is 0.261. The van der Waals surface area contributed by atoms with Gasteiger partial charge in [-0.25, -0.2) is 4.98 Å². The number of H-pyrrole nitrogens is 1. The fourth-order valence-electron chi connectivity index (χ4n) is 3.91. The number of aromatic hydroxyl groups is 1. The highest BCUT2D eigenvalue weighted by molar-refractivity contribution is 7.99. The number of thioether (sulfide) groups is 1. The summed E-state index contributed by atoms with van der Waals surface area (Å²) in [4.78, 5) is 33.0. The van der Waals surface area contributed by atoms with Crippen molar-refractivity contribution in [3.63, 3.8) is 0 Å². The predicted octanol–water partition coefficient (Wildman–Crippen LogP) is 4.75. The second kappa shape index (κ2) is 8.40. The lowest BCUT2D eigenvalue weighted by Gasteiger charge is -2.34. The van der Waals surface area contributed by atoms with Crippen molar-refractivity contribution in [2.75, 3.05) is 11.1 Å². The number of phenols is 1. The SMILES string of the molecule is CCC1(C)Cc2ccccc2-c2nc(SCC(=O)Nc3ccc(O)c(Cl)c3)[nH]c(=O)c21. The van der Waals surface area contributed by atoms with Crippen molar-refractivity contribution >= 4 is 35.0 Å². The maximum atomic E-state index is 13.0. The molecule has 31 heavy (non-hydrogen) atoms. The first-order valence-corrected chi connectivity index (χ1v) is 11.3. The third-order valence-electron chi connectivity index (χ3n) is 5.71. The lowest BCUT2D eigenvalue weighted by Crippen LogP contribution is -2.36. The van der Waals surface area contributed by atoms with Crippen molar-refractivity contribution in [1.82, 2.24) is 9.97 Å². The number of nitrogens with zero attached hydrogens (tertiary/aromatic N) is 1. The highest BCUT2D eigenvalue weighted by Gasteiger charge is 2.37. The van der Waals surface area contributed by atoms with Crippen molar-refractivity contribution in [3.8, 4) is 17.0 Å². The molecule has 8 heteroatoms. The third kappa shape index (κ3) is 4.20. The van der Waals surface area contributed by atoms with Gasteiger partial charge >= 0.3 is 0 Å². The number of carbonyl (C=O) groups excluding carboxylic acids is 1. The number of halogens is 1. The number of hydrogen-bond donors (Lipinski definition) is 3. The Hall–Kier alpha value is -2.77. The molecule has 3 N–H and O–H groups in total. The molecule has 0 radical (unpaired) electrons. The molecule has 0 aliphatic heterocycles. The summed E-state index contributed by atoms with van der Waals surface area (Å²) in [5, 5.41) is 12.8. The van der Waals surface area contributed by atoms with Gasteiger partial charge in [0.1, 0.15) is 5.75 Å². The number of fused-ring (bicyclic) bond motifs is 3. The van der Waals surface area contributed by atoms with E-state index in [1.54, 1.807) is 6.07 Å². The van der Waals surface area contributed by atoms with E-state index in [-0.39, 0.29) is 33.4 Å². The molecule has 1 aliphatic carbocycles. The molecule has 1 aliphatic rings. The topological polar surface area (TPSA) is 95.1 Å². The molecule has 1 unspecified atom stereocenters. The van der Waals surface area contributed by atoms with Crippen molar-refractivity contribution < 1.29 is 9.90 Å². The summed E-state index contributed by atoms with van der Waals surface area (Å²) in [5.74, 6) is -0.262. The van der Waals surface area contributed by atoms with Crippen LogP contribution in [0.5, 0.6) is 5.75 Å². The van der Waals surface area contributed by atoms with Gasteiger partial charge in [0.15, 0.2) is 5.16 Å². The maximum absolute atomic E-state index is 13.0. The minimum Gasteiger partial charge on any atom is -0.506 e. The van der Waals surface area contributed by atoms with Crippen molar-refractivity contribution in [3.05, 3.63) is 69.0 Å². The van der Waals surface area contributed by atoms with Crippen LogP contribution in [0.3, 0.4) is 0 Å². The Bertz CT molecular complexity index is 1230. The van der Waals surface area contributed by atoms with Crippen LogP contribution in [0.25, 0.3) is 11.3 Å². The maximum Gasteiger partial charge on any atom is 0.255 e. The molecule has 2 aromatic carbocycles. The number of carbonyl (C=O) groups is 1. The van der Waals surface area contributed by atoms with Gasteiger partial charge in [0.2, 0.25) is 5.91 Å². The molecule has 1 atom stereocenters. The lowest BCUT2D eigenvalue weighted by atomic mass is 9.69. The number of aromatic nitrogens is 2. The largest absolute Gasteiger partial charge is 0.506 e. The van der Waals surface area contributed by atoms with Crippen molar-refractivity contribution in [2.24, 2.45) is 0 Å². The van der Waals surface area contributed by atoms with E-state index in [9.17, 15) is 14.7 Å². The van der Waals surface area contributed by atoms with Gasteiger partial charge in [-0.1, -0.05) is 61.5 Å². The molecule has 3 aromatic rings. The minimum atomic E-state index is -0.289. The van der Waals surface area contributed by atoms with Crippen LogP contribution in [-0.4, -0.2) is 26.7 Å². The lowest BCUT2D eigenvalue weighted by molar-refractivity contribution is -0.113. The van der Waals surface area contributed by atoms with E-state index in [2.05, 4.69) is 30.2 Å². The quantitative estimate of drug-likeness (QED) is 0.293. The van der Waals surface area contributed by atoms with E-state index in [1.807, 2.05) is 18.2 Å². The molecule has 0 spiro atoms. The zero-order chi connectivity index (χ0) is 22.2. The van der Waals surface area contributed by atoms with E-state index < -0.39 is 0 Å². The standard InChI is InChI=1S/C23H22ClN3O3S/c1-3-23(2)11-13-6-4-5-7-15(13)20-19(23)21(30)27-22(26-20)31-12-18(29)25-14-8-9-17(28)16(24)10-14/h4-10,28H,3,11-12H2,1-2H3,(H,25,29)(H,26,27,30). The number of amides is 1. The Balaban J connectivity index is 1.58. The molecule has 0 bridgehead atoms. The van der Waals surface area contributed by atoms with Crippen molar-refractivity contribution in [1.29, 1.82) is 0 Å². The summed E-state index contributed by atoms with van der Waals surface area (Å²) in [6, 6.07) is 12.5. The molecule has 1 amide bonds. The van der Waals surface area contributed by atoms with Gasteiger partial charge in [-0.15, -0.1) is 0 Å². The molecule has 4 rings (SSSR count). The Morgan fingerprint density at radius 2 is 2.10 bits per heavy atom. The second-order valence-electron chi connectivity index (χ2n) is 7.85. The van der Waals surface area contributed by atoms with Gasteiger partial charge in [0.05, 0.1) is 16.5 Å². The Morgan fingerprint density at radius 3 is 2.84 bits per heavy atom. The highest BCUT2D eigenvalue weighted by Crippen LogP contribution is 2.42. The average Bonchev–Trinajstić information content (AvgIpc) is 2.74. The van der Waals surface area contributed by atoms with Crippen LogP contribution in [0, 0.1) is 0 Å². The zero-order valence-corrected chi connectivity index (χ0v) is 18.7. The average molecular weight is 456 g/mol. The Labute approximate surface area is 189 Å². The number of nitrogens with one attached hydrogen (secondary N) is 2. The minimum absolute atomic E-state index is 0.0516. The first kappa shape index (κ1) is 21.5. The second-order valence-corrected chi connectivity index (χ2v) is 9.22. The third-order valence-corrected chi connectivity index (χ3v) is 6.88. The van der Waals surface area contributed by atoms with Crippen LogP contribution < -0.4 is 10.9 Å². The molecular formula is C23H22ClN3O3S. The summed E-state index contributed by atoms with van der Waals surface area (Å²) < 4.78 is 0. The number of rotatable bonds is 5. The number of benzene rings is 2. The van der Waals surface area contributed by atoms with Gasteiger partial charge in [-0.2, -0.15) is 0 Å². The molecule has 1 heterocycles. The first-order chi connectivity index (χ1) is 14.8. The number of phenolic OH excluding ortho intramolecular Hbond substituents is 1. The van der Waals surface area contributed by atoms with E-state index in [4.69, 9.17) is 16.6 Å². The predicted molar refractivity (Wildman–Crippen MR) is 124 cm³/mol. The highest BCUT2D eigenvalue weighted by atomic mass is 35.5. The zero-order valence-electron chi connectivity index (χ0n) is 17.2. The smallest absolute Gasteiger partial charge is 0.255 e. The summed E-state index contributed by atoms with van der Waals surface area (Å²) in [7, 11) is 0. The number of anilines is 1.